The van der Waals surface area contributed by atoms with Crippen LogP contribution in [0, 0.1) is 0 Å². The maximum absolute atomic E-state index is 13.3. The topological polar surface area (TPSA) is 75.7 Å². The van der Waals surface area contributed by atoms with E-state index in [1.165, 1.54) is 7.11 Å². The standard InChI is InChI=1S/C24H19ClN2O4/c1-31-21-12-11-16(14-19(21)25)26-22(28)20(13-15-7-3-2-4-8-15)27-23(29)17-9-5-6-10-18(17)24(27)30/h2-12,14,20H,13H2,1H3,(H,26,28)/t20-/m0/s1. The second-order valence-electron chi connectivity index (χ2n) is 7.07. The summed E-state index contributed by atoms with van der Waals surface area (Å²) in [5.41, 5.74) is 1.86. The first-order valence-corrected chi connectivity index (χ1v) is 10.0. The molecule has 3 aromatic rings. The zero-order valence-corrected chi connectivity index (χ0v) is 17.4. The third kappa shape index (κ3) is 4.02. The minimum Gasteiger partial charge on any atom is -0.495 e. The largest absolute Gasteiger partial charge is 0.495 e. The fourth-order valence-electron chi connectivity index (χ4n) is 3.60. The van der Waals surface area contributed by atoms with Crippen molar-refractivity contribution in [3.63, 3.8) is 0 Å². The first kappa shape index (κ1) is 20.6. The van der Waals surface area contributed by atoms with E-state index in [0.717, 1.165) is 10.5 Å². The van der Waals surface area contributed by atoms with E-state index in [9.17, 15) is 14.4 Å². The van der Waals surface area contributed by atoms with Crippen molar-refractivity contribution in [2.24, 2.45) is 0 Å². The Morgan fingerprint density at radius 2 is 1.58 bits per heavy atom. The molecule has 0 saturated heterocycles. The Bertz CT molecular complexity index is 1130. The lowest BCUT2D eigenvalue weighted by Crippen LogP contribution is -2.48. The number of amides is 3. The summed E-state index contributed by atoms with van der Waals surface area (Å²) in [5.74, 6) is -0.977. The van der Waals surface area contributed by atoms with Gasteiger partial charge in [-0.05, 0) is 35.9 Å². The summed E-state index contributed by atoms with van der Waals surface area (Å²) in [5, 5.41) is 3.11. The Morgan fingerprint density at radius 3 is 2.16 bits per heavy atom. The second kappa shape index (κ2) is 8.62. The SMILES string of the molecule is COc1ccc(NC(=O)[C@H](Cc2ccccc2)N2C(=O)c3ccccc3C2=O)cc1Cl. The molecule has 6 nitrogen and oxygen atoms in total. The van der Waals surface area contributed by atoms with Gasteiger partial charge in [0, 0.05) is 12.1 Å². The zero-order valence-electron chi connectivity index (χ0n) is 16.7. The Hall–Kier alpha value is -3.64. The summed E-state index contributed by atoms with van der Waals surface area (Å²) < 4.78 is 5.13. The molecule has 1 heterocycles. The van der Waals surface area contributed by atoms with Gasteiger partial charge in [0.1, 0.15) is 11.8 Å². The average Bonchev–Trinajstić information content (AvgIpc) is 3.03. The van der Waals surface area contributed by atoms with Crippen molar-refractivity contribution >= 4 is 35.0 Å². The van der Waals surface area contributed by atoms with Crippen LogP contribution in [0.15, 0.2) is 72.8 Å². The van der Waals surface area contributed by atoms with Crippen LogP contribution in [0.1, 0.15) is 26.3 Å². The van der Waals surface area contributed by atoms with Crippen molar-refractivity contribution in [1.82, 2.24) is 4.90 Å². The molecule has 0 aliphatic carbocycles. The van der Waals surface area contributed by atoms with Gasteiger partial charge < -0.3 is 10.1 Å². The normalized spacial score (nSPS) is 13.7. The fourth-order valence-corrected chi connectivity index (χ4v) is 3.86. The second-order valence-corrected chi connectivity index (χ2v) is 7.48. The number of hydrogen-bond donors (Lipinski definition) is 1. The van der Waals surface area contributed by atoms with Crippen molar-refractivity contribution in [3.8, 4) is 5.75 Å². The van der Waals surface area contributed by atoms with E-state index in [1.54, 1.807) is 42.5 Å². The molecule has 31 heavy (non-hydrogen) atoms. The Balaban J connectivity index is 1.66. The third-order valence-corrected chi connectivity index (χ3v) is 5.43. The number of nitrogens with zero attached hydrogens (tertiary/aromatic N) is 1. The summed E-state index contributed by atoms with van der Waals surface area (Å²) in [6, 6.07) is 19.6. The molecule has 0 spiro atoms. The maximum Gasteiger partial charge on any atom is 0.262 e. The maximum atomic E-state index is 13.3. The number of nitrogens with one attached hydrogen (secondary N) is 1. The van der Waals surface area contributed by atoms with Crippen LogP contribution in [-0.4, -0.2) is 35.8 Å². The third-order valence-electron chi connectivity index (χ3n) is 5.13. The van der Waals surface area contributed by atoms with E-state index in [4.69, 9.17) is 16.3 Å². The summed E-state index contributed by atoms with van der Waals surface area (Å²) in [6.45, 7) is 0. The van der Waals surface area contributed by atoms with Crippen LogP contribution >= 0.6 is 11.6 Å². The minimum atomic E-state index is -1.03. The number of methoxy groups -OCH3 is 1. The number of hydrogen-bond acceptors (Lipinski definition) is 4. The van der Waals surface area contributed by atoms with Crippen LogP contribution in [0.5, 0.6) is 5.75 Å². The number of halogens is 1. The molecule has 0 bridgehead atoms. The minimum absolute atomic E-state index is 0.183. The van der Waals surface area contributed by atoms with Gasteiger partial charge in [-0.3, -0.25) is 19.3 Å². The van der Waals surface area contributed by atoms with E-state index in [0.29, 0.717) is 27.6 Å². The quantitative estimate of drug-likeness (QED) is 0.590. The van der Waals surface area contributed by atoms with Gasteiger partial charge in [0.15, 0.2) is 0 Å². The molecule has 1 atom stereocenters. The van der Waals surface area contributed by atoms with Crippen molar-refractivity contribution < 1.29 is 19.1 Å². The Kier molecular flexibility index (Phi) is 5.73. The molecule has 1 N–H and O–H groups in total. The van der Waals surface area contributed by atoms with Crippen LogP contribution in [0.4, 0.5) is 5.69 Å². The van der Waals surface area contributed by atoms with E-state index in [2.05, 4.69) is 5.32 Å². The summed E-state index contributed by atoms with van der Waals surface area (Å²) >= 11 is 6.16. The van der Waals surface area contributed by atoms with Gasteiger partial charge in [0.25, 0.3) is 11.8 Å². The lowest BCUT2D eigenvalue weighted by molar-refractivity contribution is -0.119. The van der Waals surface area contributed by atoms with Gasteiger partial charge in [-0.2, -0.15) is 0 Å². The van der Waals surface area contributed by atoms with Crippen molar-refractivity contribution in [1.29, 1.82) is 0 Å². The van der Waals surface area contributed by atoms with E-state index in [1.807, 2.05) is 30.3 Å². The number of rotatable bonds is 6. The van der Waals surface area contributed by atoms with Crippen molar-refractivity contribution in [2.75, 3.05) is 12.4 Å². The van der Waals surface area contributed by atoms with Gasteiger partial charge in [-0.15, -0.1) is 0 Å². The number of benzene rings is 3. The summed E-state index contributed by atoms with van der Waals surface area (Å²) in [4.78, 5) is 40.4. The Morgan fingerprint density at radius 1 is 0.968 bits per heavy atom. The zero-order chi connectivity index (χ0) is 22.0. The fraction of sp³-hybridized carbons (Fsp3) is 0.125. The number of anilines is 1. The summed E-state index contributed by atoms with van der Waals surface area (Å²) in [6.07, 6.45) is 0.183. The van der Waals surface area contributed by atoms with Crippen LogP contribution in [0.2, 0.25) is 5.02 Å². The highest BCUT2D eigenvalue weighted by molar-refractivity contribution is 6.32. The van der Waals surface area contributed by atoms with Crippen molar-refractivity contribution in [3.05, 3.63) is 94.5 Å². The first-order valence-electron chi connectivity index (χ1n) is 9.65. The molecule has 7 heteroatoms. The van der Waals surface area contributed by atoms with Crippen molar-refractivity contribution in [2.45, 2.75) is 12.5 Å². The van der Waals surface area contributed by atoms with Crippen LogP contribution in [-0.2, 0) is 11.2 Å². The highest BCUT2D eigenvalue weighted by Crippen LogP contribution is 2.29. The van der Waals surface area contributed by atoms with Crippen LogP contribution < -0.4 is 10.1 Å². The monoisotopic (exact) mass is 434 g/mol. The Labute approximate surface area is 184 Å². The predicted molar refractivity (Wildman–Crippen MR) is 118 cm³/mol. The lowest BCUT2D eigenvalue weighted by Gasteiger charge is -2.25. The molecule has 0 fully saturated rings. The van der Waals surface area contributed by atoms with Gasteiger partial charge >= 0.3 is 0 Å². The number of fused-ring (bicyclic) bond motifs is 1. The van der Waals surface area contributed by atoms with Gasteiger partial charge in [0.05, 0.1) is 23.3 Å². The molecule has 156 valence electrons. The van der Waals surface area contributed by atoms with E-state index in [-0.39, 0.29) is 6.42 Å². The lowest BCUT2D eigenvalue weighted by atomic mass is 10.0. The number of imide groups is 1. The van der Waals surface area contributed by atoms with Gasteiger partial charge in [0.2, 0.25) is 5.91 Å². The van der Waals surface area contributed by atoms with E-state index >= 15 is 0 Å². The van der Waals surface area contributed by atoms with Crippen LogP contribution in [0.25, 0.3) is 0 Å². The number of ether oxygens (including phenoxy) is 1. The molecular weight excluding hydrogens is 416 g/mol. The van der Waals surface area contributed by atoms with E-state index < -0.39 is 23.8 Å². The molecule has 0 saturated carbocycles. The number of carbonyl (C=O) groups is 3. The highest BCUT2D eigenvalue weighted by Gasteiger charge is 2.42. The molecule has 0 unspecified atom stereocenters. The molecule has 4 rings (SSSR count). The molecule has 1 aliphatic heterocycles. The molecule has 1 aliphatic rings. The average molecular weight is 435 g/mol. The number of carbonyl (C=O) groups excluding carboxylic acids is 3. The van der Waals surface area contributed by atoms with Crippen LogP contribution in [0.3, 0.4) is 0 Å². The molecule has 0 radical (unpaired) electrons. The predicted octanol–water partition coefficient (Wildman–Crippen LogP) is 4.19. The molecule has 0 aromatic heterocycles. The highest BCUT2D eigenvalue weighted by atomic mass is 35.5. The first-order chi connectivity index (χ1) is 15.0. The summed E-state index contributed by atoms with van der Waals surface area (Å²) in [7, 11) is 1.50. The molecule has 3 amide bonds. The molecular formula is C24H19ClN2O4. The molecule has 3 aromatic carbocycles. The smallest absolute Gasteiger partial charge is 0.262 e. The van der Waals surface area contributed by atoms with Gasteiger partial charge in [-0.25, -0.2) is 0 Å². The van der Waals surface area contributed by atoms with Gasteiger partial charge in [-0.1, -0.05) is 54.1 Å².